The van der Waals surface area contributed by atoms with Crippen molar-refractivity contribution in [2.45, 2.75) is 44.4 Å². The van der Waals surface area contributed by atoms with E-state index in [-0.39, 0.29) is 34.8 Å². The highest BCUT2D eigenvalue weighted by Crippen LogP contribution is 2.37. The number of fused-ring (bicyclic) bond motifs is 1. The topological polar surface area (TPSA) is 83.6 Å². The number of nitrogens with zero attached hydrogens (tertiary/aromatic N) is 1. The van der Waals surface area contributed by atoms with Gasteiger partial charge in [0.05, 0.1) is 10.6 Å². The number of hydrogen-bond donors (Lipinski definition) is 1. The van der Waals surface area contributed by atoms with Crippen LogP contribution in [0.1, 0.15) is 36.0 Å². The molecular formula is C23H26N2O4S. The number of rotatable bonds is 6. The Balaban J connectivity index is 1.41. The molecule has 0 radical (unpaired) electrons. The van der Waals surface area contributed by atoms with Gasteiger partial charge in [0.25, 0.3) is 0 Å². The van der Waals surface area contributed by atoms with E-state index in [1.54, 1.807) is 23.1 Å². The molecule has 2 aromatic rings. The van der Waals surface area contributed by atoms with Crippen molar-refractivity contribution in [3.63, 3.8) is 0 Å². The fourth-order valence-corrected chi connectivity index (χ4v) is 5.15. The highest BCUT2D eigenvalue weighted by molar-refractivity contribution is 7.91. The quantitative estimate of drug-likeness (QED) is 0.767. The normalized spacial score (nSPS) is 15.7. The minimum absolute atomic E-state index is 0.112. The van der Waals surface area contributed by atoms with Gasteiger partial charge in [0.15, 0.2) is 9.84 Å². The molecule has 0 aromatic heterocycles. The van der Waals surface area contributed by atoms with Crippen LogP contribution < -0.4 is 10.2 Å². The first-order chi connectivity index (χ1) is 14.2. The van der Waals surface area contributed by atoms with Gasteiger partial charge in [-0.05, 0) is 68.5 Å². The molecule has 2 aromatic carbocycles. The van der Waals surface area contributed by atoms with Crippen molar-refractivity contribution in [2.75, 3.05) is 22.5 Å². The van der Waals surface area contributed by atoms with Crippen LogP contribution in [0.25, 0.3) is 0 Å². The molecule has 1 fully saturated rings. The van der Waals surface area contributed by atoms with E-state index in [2.05, 4.69) is 5.32 Å². The van der Waals surface area contributed by atoms with Crippen molar-refractivity contribution < 1.29 is 18.0 Å². The zero-order valence-electron chi connectivity index (χ0n) is 17.3. The number of anilines is 2. The maximum atomic E-state index is 12.8. The lowest BCUT2D eigenvalue weighted by atomic mass is 10.1. The zero-order chi connectivity index (χ0) is 21.5. The first-order valence-electron chi connectivity index (χ1n) is 10.3. The van der Waals surface area contributed by atoms with Gasteiger partial charge in [-0.15, -0.1) is 0 Å². The molecule has 7 heteroatoms. The van der Waals surface area contributed by atoms with Crippen molar-refractivity contribution in [1.29, 1.82) is 0 Å². The Labute approximate surface area is 177 Å². The Morgan fingerprint density at radius 2 is 1.87 bits per heavy atom. The molecule has 1 aliphatic carbocycles. The Morgan fingerprint density at radius 1 is 1.10 bits per heavy atom. The number of aryl methyl sites for hydroxylation is 2. The fraction of sp³-hybridized carbons (Fsp3) is 0.391. The molecule has 1 heterocycles. The molecule has 0 unspecified atom stereocenters. The third-order valence-corrected chi connectivity index (χ3v) is 7.47. The summed E-state index contributed by atoms with van der Waals surface area (Å²) in [4.78, 5) is 26.7. The van der Waals surface area contributed by atoms with Crippen LogP contribution in [0.3, 0.4) is 0 Å². The summed E-state index contributed by atoms with van der Waals surface area (Å²) in [6, 6.07) is 10.6. The summed E-state index contributed by atoms with van der Waals surface area (Å²) in [5, 5.41) is 2.79. The Hall–Kier alpha value is -2.67. The van der Waals surface area contributed by atoms with E-state index in [4.69, 9.17) is 0 Å². The molecule has 0 atom stereocenters. The predicted octanol–water partition coefficient (Wildman–Crippen LogP) is 3.41. The fourth-order valence-electron chi connectivity index (χ4n) is 3.86. The molecule has 30 heavy (non-hydrogen) atoms. The van der Waals surface area contributed by atoms with Gasteiger partial charge in [-0.1, -0.05) is 17.7 Å². The number of carbonyl (C=O) groups is 2. The van der Waals surface area contributed by atoms with Crippen molar-refractivity contribution in [1.82, 2.24) is 0 Å². The molecule has 2 amide bonds. The zero-order valence-corrected chi connectivity index (χ0v) is 18.1. The van der Waals surface area contributed by atoms with Crippen LogP contribution in [0.2, 0.25) is 0 Å². The molecule has 4 rings (SSSR count). The van der Waals surface area contributed by atoms with Gasteiger partial charge in [-0.3, -0.25) is 9.59 Å². The van der Waals surface area contributed by atoms with Crippen molar-refractivity contribution in [2.24, 2.45) is 5.92 Å². The predicted molar refractivity (Wildman–Crippen MR) is 116 cm³/mol. The second-order valence-electron chi connectivity index (χ2n) is 8.24. The molecule has 0 saturated heterocycles. The maximum Gasteiger partial charge on any atom is 0.230 e. The summed E-state index contributed by atoms with van der Waals surface area (Å²) >= 11 is 0. The van der Waals surface area contributed by atoms with E-state index in [0.29, 0.717) is 18.7 Å². The first kappa shape index (κ1) is 20.6. The Kier molecular flexibility index (Phi) is 5.40. The van der Waals surface area contributed by atoms with E-state index in [0.717, 1.165) is 35.2 Å². The summed E-state index contributed by atoms with van der Waals surface area (Å²) in [7, 11) is -3.59. The van der Waals surface area contributed by atoms with Gasteiger partial charge < -0.3 is 10.2 Å². The Bertz CT molecular complexity index is 1120. The van der Waals surface area contributed by atoms with Gasteiger partial charge >= 0.3 is 0 Å². The van der Waals surface area contributed by atoms with E-state index in [9.17, 15) is 18.0 Å². The smallest absolute Gasteiger partial charge is 0.230 e. The Morgan fingerprint density at radius 3 is 2.57 bits per heavy atom. The number of nitrogens with one attached hydrogen (secondary N) is 1. The summed E-state index contributed by atoms with van der Waals surface area (Å²) in [6.07, 6.45) is 2.44. The van der Waals surface area contributed by atoms with Gasteiger partial charge in [0.1, 0.15) is 0 Å². The largest absolute Gasteiger partial charge is 0.326 e. The van der Waals surface area contributed by atoms with Crippen LogP contribution >= 0.6 is 0 Å². The molecule has 0 spiro atoms. The molecule has 2 aliphatic rings. The first-order valence-corrected chi connectivity index (χ1v) is 11.9. The highest BCUT2D eigenvalue weighted by Gasteiger charge is 2.36. The maximum absolute atomic E-state index is 12.8. The minimum atomic E-state index is -3.59. The minimum Gasteiger partial charge on any atom is -0.326 e. The molecule has 1 N–H and O–H groups in total. The van der Waals surface area contributed by atoms with E-state index < -0.39 is 9.84 Å². The summed E-state index contributed by atoms with van der Waals surface area (Å²) in [5.74, 6) is -0.303. The summed E-state index contributed by atoms with van der Waals surface area (Å²) in [5.41, 5.74) is 4.43. The van der Waals surface area contributed by atoms with E-state index in [1.807, 2.05) is 32.0 Å². The van der Waals surface area contributed by atoms with Crippen LogP contribution in [0.4, 0.5) is 11.4 Å². The average molecular weight is 427 g/mol. The average Bonchev–Trinajstić information content (AvgIpc) is 3.47. The molecule has 0 bridgehead atoms. The van der Waals surface area contributed by atoms with Crippen LogP contribution in [0.15, 0.2) is 41.3 Å². The standard InChI is InChI=1S/C23H26N2O4S/c1-15-3-7-20(16(2)13-15)24-22(26)10-12-30(28,29)19-6-8-21-18(14-19)9-11-25(21)23(27)17-4-5-17/h3,6-8,13-14,17H,4-5,9-12H2,1-2H3,(H,24,26). The number of carbonyl (C=O) groups excluding carboxylic acids is 2. The lowest BCUT2D eigenvalue weighted by Gasteiger charge is -2.17. The lowest BCUT2D eigenvalue weighted by Crippen LogP contribution is -2.30. The second-order valence-corrected chi connectivity index (χ2v) is 10.3. The van der Waals surface area contributed by atoms with Crippen LogP contribution in [0.5, 0.6) is 0 Å². The number of sulfone groups is 1. The van der Waals surface area contributed by atoms with Crippen LogP contribution in [-0.4, -0.2) is 32.5 Å². The molecule has 158 valence electrons. The highest BCUT2D eigenvalue weighted by atomic mass is 32.2. The van der Waals surface area contributed by atoms with Gasteiger partial charge in [0.2, 0.25) is 11.8 Å². The van der Waals surface area contributed by atoms with E-state index >= 15 is 0 Å². The summed E-state index contributed by atoms with van der Waals surface area (Å²) in [6.45, 7) is 4.48. The third kappa shape index (κ3) is 4.26. The molecule has 1 aliphatic heterocycles. The molecule has 1 saturated carbocycles. The van der Waals surface area contributed by atoms with Crippen molar-refractivity contribution in [3.8, 4) is 0 Å². The summed E-state index contributed by atoms with van der Waals surface area (Å²) < 4.78 is 25.5. The monoisotopic (exact) mass is 426 g/mol. The van der Waals surface area contributed by atoms with Gasteiger partial charge in [0, 0.05) is 30.3 Å². The number of benzene rings is 2. The van der Waals surface area contributed by atoms with Crippen molar-refractivity contribution >= 4 is 33.0 Å². The third-order valence-electron chi connectivity index (χ3n) is 5.75. The SMILES string of the molecule is Cc1ccc(NC(=O)CCS(=O)(=O)c2ccc3c(c2)CCN3C(=O)C2CC2)c(C)c1. The molecule has 6 nitrogen and oxygen atoms in total. The van der Waals surface area contributed by atoms with Gasteiger partial charge in [-0.2, -0.15) is 0 Å². The number of hydrogen-bond acceptors (Lipinski definition) is 4. The van der Waals surface area contributed by atoms with Crippen molar-refractivity contribution in [3.05, 3.63) is 53.1 Å². The van der Waals surface area contributed by atoms with Gasteiger partial charge in [-0.25, -0.2) is 8.42 Å². The lowest BCUT2D eigenvalue weighted by molar-refractivity contribution is -0.119. The second kappa shape index (κ2) is 7.87. The molecular weight excluding hydrogens is 400 g/mol. The van der Waals surface area contributed by atoms with E-state index in [1.165, 1.54) is 0 Å². The number of amides is 2. The van der Waals surface area contributed by atoms with Crippen LogP contribution in [0, 0.1) is 19.8 Å². The van der Waals surface area contributed by atoms with Crippen LogP contribution in [-0.2, 0) is 25.8 Å².